The Bertz CT molecular complexity index is 1750. The Morgan fingerprint density at radius 3 is 2.71 bits per heavy atom. The number of carbonyl (C=O) groups excluding carboxylic acids is 2. The molecule has 1 aromatic heterocycles. The fourth-order valence-electron chi connectivity index (χ4n) is 3.22. The first kappa shape index (κ1) is 13.0. The quantitative estimate of drug-likeness (QED) is 0.380. The van der Waals surface area contributed by atoms with Crippen LogP contribution in [0.4, 0.5) is 5.69 Å². The van der Waals surface area contributed by atoms with Gasteiger partial charge >= 0.3 is 5.97 Å². The van der Waals surface area contributed by atoms with Crippen LogP contribution in [0.15, 0.2) is 79.1 Å². The summed E-state index contributed by atoms with van der Waals surface area (Å²) in [5, 5.41) is 4.03. The number of rotatable bonds is 7. The Morgan fingerprint density at radius 2 is 1.94 bits per heavy atom. The van der Waals surface area contributed by atoms with Crippen LogP contribution in [-0.4, -0.2) is 23.4 Å². The van der Waals surface area contributed by atoms with Gasteiger partial charge in [0, 0.05) is 42.3 Å². The van der Waals surface area contributed by atoms with Crippen molar-refractivity contribution in [2.45, 2.75) is 26.2 Å². The summed E-state index contributed by atoms with van der Waals surface area (Å²) in [6.45, 7) is -11.4. The van der Waals surface area contributed by atoms with Crippen molar-refractivity contribution in [1.29, 1.82) is 0 Å². The van der Waals surface area contributed by atoms with Crippen molar-refractivity contribution < 1.29 is 29.4 Å². The van der Waals surface area contributed by atoms with Gasteiger partial charge in [0.25, 0.3) is 0 Å². The molecule has 0 saturated heterocycles. The molecule has 3 N–H and O–H groups in total. The highest BCUT2D eigenvalue weighted by atomic mass is 16.5. The predicted molar refractivity (Wildman–Crippen MR) is 134 cm³/mol. The normalized spacial score (nSPS) is 19.0. The van der Waals surface area contributed by atoms with Gasteiger partial charge in [-0.05, 0) is 60.0 Å². The molecule has 0 aliphatic rings. The number of fused-ring (bicyclic) bond motifs is 1. The summed E-state index contributed by atoms with van der Waals surface area (Å²) in [5.41, 5.74) is 3.89. The van der Waals surface area contributed by atoms with E-state index in [9.17, 15) is 9.59 Å². The zero-order valence-electron chi connectivity index (χ0n) is 28.8. The van der Waals surface area contributed by atoms with E-state index in [1.165, 1.54) is 0 Å². The number of ether oxygens (including phenoxy) is 1. The average molecular weight is 465 g/mol. The van der Waals surface area contributed by atoms with Gasteiger partial charge < -0.3 is 15.8 Å². The van der Waals surface area contributed by atoms with Crippen molar-refractivity contribution >= 4 is 28.3 Å². The molecular weight excluding hydrogens is 426 g/mol. The van der Waals surface area contributed by atoms with Crippen molar-refractivity contribution in [2.75, 3.05) is 11.8 Å². The molecule has 172 valence electrons. The molecule has 0 saturated carbocycles. The first-order chi connectivity index (χ1) is 20.6. The molecule has 1 amide bonds. The molecule has 0 spiro atoms. The number of anilines is 1. The molecule has 0 aliphatic carbocycles. The Labute approximate surface area is 214 Å². The average Bonchev–Trinajstić information content (AvgIpc) is 2.94. The van der Waals surface area contributed by atoms with Crippen molar-refractivity contribution in [1.82, 2.24) is 4.98 Å². The number of aryl methyl sites for hydroxylation is 2. The number of benzene rings is 3. The van der Waals surface area contributed by atoms with Crippen LogP contribution >= 0.6 is 0 Å². The SMILES string of the molecule is [2H]C([2H])([2H])c1ccc(C(=O)OC([2H])([2H])c2ccc(C([2H])(C(=O)Nc3ccc4cnccc4c3)C([2H])([2H])N)cc2)c(C([2H])([2H])[2H])c1. The number of carbonyl (C=O) groups is 2. The van der Waals surface area contributed by atoms with E-state index < -0.39 is 55.7 Å². The third-order valence-electron chi connectivity index (χ3n) is 4.94. The second kappa shape index (κ2) is 10.3. The van der Waals surface area contributed by atoms with E-state index in [4.69, 9.17) is 25.5 Å². The third-order valence-corrected chi connectivity index (χ3v) is 4.94. The first-order valence-corrected chi connectivity index (χ1v) is 10.1. The van der Waals surface area contributed by atoms with Crippen molar-refractivity contribution in [3.05, 3.63) is 107 Å². The molecule has 1 unspecified atom stereocenters. The fraction of sp³-hybridized carbons (Fsp3) is 0.179. The molecule has 3 aromatic carbocycles. The van der Waals surface area contributed by atoms with Crippen molar-refractivity contribution in [3.8, 4) is 0 Å². The molecule has 4 aromatic rings. The summed E-state index contributed by atoms with van der Waals surface area (Å²) >= 11 is 0. The number of nitrogens with two attached hydrogens (primary N) is 1. The molecule has 1 atom stereocenters. The second-order valence-corrected chi connectivity index (χ2v) is 7.24. The number of hydrogen-bond acceptors (Lipinski definition) is 5. The van der Waals surface area contributed by atoms with E-state index in [2.05, 4.69) is 10.3 Å². The number of amides is 1. The van der Waals surface area contributed by atoms with Gasteiger partial charge in [-0.15, -0.1) is 0 Å². The maximum absolute atomic E-state index is 13.3. The highest BCUT2D eigenvalue weighted by Crippen LogP contribution is 2.22. The van der Waals surface area contributed by atoms with E-state index in [0.29, 0.717) is 0 Å². The predicted octanol–water partition coefficient (Wildman–Crippen LogP) is 4.89. The molecule has 1 heterocycles. The lowest BCUT2D eigenvalue weighted by Gasteiger charge is -2.16. The zero-order valence-corrected chi connectivity index (χ0v) is 17.8. The summed E-state index contributed by atoms with van der Waals surface area (Å²) in [7, 11) is 0. The molecule has 0 radical (unpaired) electrons. The van der Waals surface area contributed by atoms with Gasteiger partial charge in [-0.25, -0.2) is 4.79 Å². The molecular formula is C28H27N3O3. The lowest BCUT2D eigenvalue weighted by atomic mass is 9.97. The topological polar surface area (TPSA) is 94.3 Å². The van der Waals surface area contributed by atoms with Crippen LogP contribution in [0.1, 0.15) is 53.6 Å². The minimum Gasteiger partial charge on any atom is -0.457 e. The van der Waals surface area contributed by atoms with Crippen molar-refractivity contribution in [3.63, 3.8) is 0 Å². The van der Waals surface area contributed by atoms with Gasteiger partial charge in [0.2, 0.25) is 5.91 Å². The molecule has 34 heavy (non-hydrogen) atoms. The third kappa shape index (κ3) is 5.30. The number of pyridine rings is 1. The van der Waals surface area contributed by atoms with Crippen LogP contribution in [0.3, 0.4) is 0 Å². The molecule has 4 rings (SSSR count). The molecule has 6 heteroatoms. The van der Waals surface area contributed by atoms with Crippen LogP contribution in [-0.2, 0) is 16.1 Å². The van der Waals surface area contributed by atoms with E-state index in [1.807, 2.05) is 0 Å². The Hall–Kier alpha value is -4.03. The van der Waals surface area contributed by atoms with E-state index in [0.717, 1.165) is 53.2 Å². The molecule has 6 nitrogen and oxygen atoms in total. The summed E-state index contributed by atoms with van der Waals surface area (Å²) in [6, 6.07) is 13.6. The standard InChI is InChI=1S/C28H27N3O3/c1-18-3-10-25(19(2)13-18)28(33)34-17-20-4-6-21(7-5-20)26(15-29)27(32)31-24-9-8-23-16-30-12-11-22(23)14-24/h3-14,16,26H,15,17,29H2,1-2H3,(H,31,32)/i1D3,2D3,15D2,17D2,26D. The van der Waals surface area contributed by atoms with Crippen LogP contribution in [0.25, 0.3) is 10.8 Å². The molecule has 0 bridgehead atoms. The summed E-state index contributed by atoms with van der Waals surface area (Å²) in [5.74, 6) is -5.21. The summed E-state index contributed by atoms with van der Waals surface area (Å²) < 4.78 is 92.4. The maximum Gasteiger partial charge on any atom is 0.338 e. The van der Waals surface area contributed by atoms with E-state index >= 15 is 0 Å². The van der Waals surface area contributed by atoms with Crippen LogP contribution in [0.2, 0.25) is 0 Å². The number of nitrogens with zero attached hydrogens (tertiary/aromatic N) is 1. The second-order valence-electron chi connectivity index (χ2n) is 7.24. The Morgan fingerprint density at radius 1 is 1.09 bits per heavy atom. The largest absolute Gasteiger partial charge is 0.457 e. The summed E-state index contributed by atoms with van der Waals surface area (Å²) in [6.07, 6.45) is 3.18. The first-order valence-electron chi connectivity index (χ1n) is 15.6. The minimum absolute atomic E-state index is 0.242. The van der Waals surface area contributed by atoms with Gasteiger partial charge in [0.15, 0.2) is 0 Å². The van der Waals surface area contributed by atoms with Crippen LogP contribution in [0.5, 0.6) is 0 Å². The summed E-state index contributed by atoms with van der Waals surface area (Å²) in [4.78, 5) is 30.3. The van der Waals surface area contributed by atoms with Crippen molar-refractivity contribution in [2.24, 2.45) is 5.73 Å². The monoisotopic (exact) mass is 464 g/mol. The highest BCUT2D eigenvalue weighted by Gasteiger charge is 2.19. The van der Waals surface area contributed by atoms with Gasteiger partial charge in [0.05, 0.1) is 14.2 Å². The maximum atomic E-state index is 13.3. The molecule has 0 fully saturated rings. The Kier molecular flexibility index (Phi) is 3.93. The highest BCUT2D eigenvalue weighted by molar-refractivity contribution is 5.98. The van der Waals surface area contributed by atoms with Gasteiger partial charge in [0.1, 0.15) is 6.56 Å². The van der Waals surface area contributed by atoms with Crippen LogP contribution in [0, 0.1) is 13.7 Å². The van der Waals surface area contributed by atoms with E-state index in [-0.39, 0.29) is 22.4 Å². The van der Waals surface area contributed by atoms with Gasteiger partial charge in [-0.3, -0.25) is 9.78 Å². The van der Waals surface area contributed by atoms with Gasteiger partial charge in [-0.1, -0.05) is 48.0 Å². The smallest absolute Gasteiger partial charge is 0.338 e. The number of aromatic nitrogens is 1. The fourth-order valence-corrected chi connectivity index (χ4v) is 3.22. The van der Waals surface area contributed by atoms with Gasteiger partial charge in [-0.2, -0.15) is 0 Å². The number of nitrogens with one attached hydrogen (secondary N) is 1. The molecule has 0 aliphatic heterocycles. The zero-order chi connectivity index (χ0) is 33.6. The van der Waals surface area contributed by atoms with Crippen LogP contribution < -0.4 is 11.1 Å². The lowest BCUT2D eigenvalue weighted by molar-refractivity contribution is -0.117. The van der Waals surface area contributed by atoms with E-state index in [1.54, 1.807) is 36.7 Å². The lowest BCUT2D eigenvalue weighted by Crippen LogP contribution is -2.27. The number of esters is 1. The minimum atomic E-state index is -2.92. The number of hydrogen-bond donors (Lipinski definition) is 2. The Balaban J connectivity index is 1.61.